The molecule has 2 saturated heterocycles. The number of halogens is 2. The number of hydrogen-bond acceptors (Lipinski definition) is 8. The number of methoxy groups -OCH3 is 1. The van der Waals surface area contributed by atoms with Gasteiger partial charge >= 0.3 is 12.1 Å². The van der Waals surface area contributed by atoms with Crippen LogP contribution in [0, 0.1) is 12.8 Å². The van der Waals surface area contributed by atoms with Gasteiger partial charge in [0.05, 0.1) is 54.1 Å². The molecular formula is C28H31Cl2NO8. The van der Waals surface area contributed by atoms with E-state index in [0.717, 1.165) is 12.8 Å². The van der Waals surface area contributed by atoms with E-state index >= 15 is 0 Å². The van der Waals surface area contributed by atoms with E-state index in [2.05, 4.69) is 0 Å². The van der Waals surface area contributed by atoms with Gasteiger partial charge in [-0.25, -0.2) is 9.59 Å². The first-order valence-corrected chi connectivity index (χ1v) is 13.7. The highest BCUT2D eigenvalue weighted by Gasteiger charge is 2.38. The van der Waals surface area contributed by atoms with E-state index in [1.807, 2.05) is 13.8 Å². The third kappa shape index (κ3) is 5.25. The summed E-state index contributed by atoms with van der Waals surface area (Å²) in [7, 11) is 1.40. The summed E-state index contributed by atoms with van der Waals surface area (Å²) in [6.07, 6.45) is 0.749. The van der Waals surface area contributed by atoms with Crippen molar-refractivity contribution in [3.05, 3.63) is 44.4 Å². The Morgan fingerprint density at radius 2 is 1.85 bits per heavy atom. The molecule has 3 aliphatic heterocycles. The lowest BCUT2D eigenvalue weighted by Crippen LogP contribution is -2.47. The SMILES string of the molecule is COc1c([C@@H](O)CC(C)C)ccc2c1C(=O)OCc1c(Cl)c(C)c(Cl)c(OC(=O)N3CC4CCC(C3)O4)c1O2. The minimum absolute atomic E-state index is 0.00157. The summed E-state index contributed by atoms with van der Waals surface area (Å²) in [5.41, 5.74) is 1.19. The number of likely N-dealkylation sites (tertiary alicyclic amines) is 1. The number of morpholine rings is 1. The van der Waals surface area contributed by atoms with Crippen molar-refractivity contribution in [2.24, 2.45) is 5.92 Å². The van der Waals surface area contributed by atoms with Crippen molar-refractivity contribution in [1.29, 1.82) is 0 Å². The second-order valence-electron chi connectivity index (χ2n) is 10.5. The zero-order valence-electron chi connectivity index (χ0n) is 22.2. The van der Waals surface area contributed by atoms with Crippen molar-refractivity contribution in [2.75, 3.05) is 20.2 Å². The predicted molar refractivity (Wildman–Crippen MR) is 143 cm³/mol. The molecule has 0 radical (unpaired) electrons. The van der Waals surface area contributed by atoms with Crippen LogP contribution in [0.3, 0.4) is 0 Å². The fraction of sp³-hybridized carbons (Fsp3) is 0.500. The van der Waals surface area contributed by atoms with Crippen LogP contribution >= 0.6 is 23.2 Å². The lowest BCUT2D eigenvalue weighted by atomic mass is 9.96. The first-order chi connectivity index (χ1) is 18.6. The van der Waals surface area contributed by atoms with Gasteiger partial charge in [-0.15, -0.1) is 0 Å². The fourth-order valence-corrected chi connectivity index (χ4v) is 5.81. The van der Waals surface area contributed by atoms with Crippen LogP contribution in [-0.2, 0) is 16.1 Å². The Bertz CT molecular complexity index is 1300. The number of esters is 1. The van der Waals surface area contributed by atoms with E-state index < -0.39 is 18.2 Å². The molecule has 2 bridgehead atoms. The molecule has 11 heteroatoms. The van der Waals surface area contributed by atoms with Crippen LogP contribution in [-0.4, -0.2) is 54.5 Å². The van der Waals surface area contributed by atoms with Crippen LogP contribution in [0.4, 0.5) is 4.79 Å². The van der Waals surface area contributed by atoms with Crippen molar-refractivity contribution in [3.63, 3.8) is 0 Å². The number of aliphatic hydroxyl groups is 1. The maximum Gasteiger partial charge on any atom is 0.415 e. The standard InChI is InChI=1S/C28H31Cl2NO8/c1-13(2)9-19(32)17-7-8-20-21(24(17)35-4)27(33)36-12-18-22(29)14(3)23(30)26(25(18)38-20)39-28(34)31-10-15-5-6-16(11-31)37-15/h7-8,13,15-16,19,32H,5-6,9-12H2,1-4H3/t15?,16?,19-/m0/s1. The maximum atomic E-state index is 13.2. The molecule has 5 rings (SSSR count). The van der Waals surface area contributed by atoms with Crippen LogP contribution in [0.5, 0.6) is 23.0 Å². The monoisotopic (exact) mass is 579 g/mol. The van der Waals surface area contributed by atoms with E-state index in [1.54, 1.807) is 24.0 Å². The normalized spacial score (nSPS) is 20.8. The van der Waals surface area contributed by atoms with Gasteiger partial charge in [0, 0.05) is 5.56 Å². The molecule has 0 spiro atoms. The van der Waals surface area contributed by atoms with Crippen LogP contribution in [0.2, 0.25) is 10.0 Å². The summed E-state index contributed by atoms with van der Waals surface area (Å²) in [6, 6.07) is 3.17. The largest absolute Gasteiger partial charge is 0.495 e. The first kappa shape index (κ1) is 27.8. The minimum atomic E-state index is -0.873. The number of rotatable bonds is 5. The summed E-state index contributed by atoms with van der Waals surface area (Å²) in [6.45, 7) is 6.22. The van der Waals surface area contributed by atoms with Gasteiger partial charge in [0.15, 0.2) is 11.5 Å². The van der Waals surface area contributed by atoms with Gasteiger partial charge in [0.25, 0.3) is 0 Å². The fourth-order valence-electron chi connectivity index (χ4n) is 5.31. The van der Waals surface area contributed by atoms with E-state index in [4.69, 9.17) is 46.9 Å². The zero-order valence-corrected chi connectivity index (χ0v) is 23.7. The average Bonchev–Trinajstić information content (AvgIpc) is 3.24. The van der Waals surface area contributed by atoms with Gasteiger partial charge in [-0.05, 0) is 49.8 Å². The molecule has 2 aromatic carbocycles. The van der Waals surface area contributed by atoms with Crippen LogP contribution < -0.4 is 14.2 Å². The molecule has 2 aromatic rings. The third-order valence-corrected chi connectivity index (χ3v) is 8.23. The maximum absolute atomic E-state index is 13.2. The summed E-state index contributed by atoms with van der Waals surface area (Å²) in [5.74, 6) is -0.252. The van der Waals surface area contributed by atoms with Gasteiger partial charge in [0.1, 0.15) is 23.7 Å². The van der Waals surface area contributed by atoms with E-state index in [1.165, 1.54) is 7.11 Å². The Hall–Kier alpha value is -2.72. The second-order valence-corrected chi connectivity index (χ2v) is 11.3. The Balaban J connectivity index is 1.56. The number of nitrogens with zero attached hydrogens (tertiary/aromatic N) is 1. The number of hydrogen-bond donors (Lipinski definition) is 1. The smallest absolute Gasteiger partial charge is 0.415 e. The molecule has 3 heterocycles. The summed E-state index contributed by atoms with van der Waals surface area (Å²) < 4.78 is 29.1. The lowest BCUT2D eigenvalue weighted by molar-refractivity contribution is -0.0299. The van der Waals surface area contributed by atoms with Crippen LogP contribution in [0.15, 0.2) is 12.1 Å². The number of carbonyl (C=O) groups excluding carboxylic acids is 2. The molecule has 1 N–H and O–H groups in total. The third-order valence-electron chi connectivity index (χ3n) is 7.27. The number of carbonyl (C=O) groups is 2. The molecule has 1 amide bonds. The second kappa shape index (κ2) is 11.0. The molecule has 210 valence electrons. The van der Waals surface area contributed by atoms with E-state index in [9.17, 15) is 14.7 Å². The summed E-state index contributed by atoms with van der Waals surface area (Å²) in [4.78, 5) is 28.1. The van der Waals surface area contributed by atoms with Crippen molar-refractivity contribution in [3.8, 4) is 23.0 Å². The minimum Gasteiger partial charge on any atom is -0.495 e. The molecule has 39 heavy (non-hydrogen) atoms. The van der Waals surface area contributed by atoms with Gasteiger partial charge in [-0.1, -0.05) is 37.0 Å². The highest BCUT2D eigenvalue weighted by molar-refractivity contribution is 6.38. The van der Waals surface area contributed by atoms with E-state index in [-0.39, 0.29) is 63.3 Å². The molecule has 2 fully saturated rings. The van der Waals surface area contributed by atoms with Crippen molar-refractivity contribution in [2.45, 2.75) is 65.0 Å². The molecule has 2 unspecified atom stereocenters. The predicted octanol–water partition coefficient (Wildman–Crippen LogP) is 6.21. The van der Waals surface area contributed by atoms with E-state index in [0.29, 0.717) is 36.2 Å². The molecule has 3 aliphatic rings. The van der Waals surface area contributed by atoms with Gasteiger partial charge in [0.2, 0.25) is 0 Å². The zero-order chi connectivity index (χ0) is 28.0. The molecular weight excluding hydrogens is 549 g/mol. The first-order valence-electron chi connectivity index (χ1n) is 13.0. The Morgan fingerprint density at radius 3 is 2.49 bits per heavy atom. The summed E-state index contributed by atoms with van der Waals surface area (Å²) >= 11 is 13.3. The van der Waals surface area contributed by atoms with Crippen LogP contribution in [0.1, 0.15) is 66.3 Å². The molecule has 0 saturated carbocycles. The Labute approximate surface area is 236 Å². The number of ether oxygens (including phenoxy) is 5. The Kier molecular flexibility index (Phi) is 7.88. The van der Waals surface area contributed by atoms with Crippen LogP contribution in [0.25, 0.3) is 0 Å². The number of aliphatic hydroxyl groups excluding tert-OH is 1. The Morgan fingerprint density at radius 1 is 1.15 bits per heavy atom. The number of cyclic esters (lactones) is 1. The van der Waals surface area contributed by atoms with Crippen molar-refractivity contribution in [1.82, 2.24) is 4.90 Å². The molecule has 0 aromatic heterocycles. The quantitative estimate of drug-likeness (QED) is 0.416. The van der Waals surface area contributed by atoms with Crippen molar-refractivity contribution >= 4 is 35.3 Å². The van der Waals surface area contributed by atoms with Crippen molar-refractivity contribution < 1.29 is 38.4 Å². The summed E-state index contributed by atoms with van der Waals surface area (Å²) in [5, 5.41) is 11.1. The molecule has 3 atom stereocenters. The average molecular weight is 580 g/mol. The molecule has 0 aliphatic carbocycles. The number of benzene rings is 2. The lowest BCUT2D eigenvalue weighted by Gasteiger charge is -2.32. The number of amides is 1. The topological polar surface area (TPSA) is 104 Å². The highest BCUT2D eigenvalue weighted by atomic mass is 35.5. The highest BCUT2D eigenvalue weighted by Crippen LogP contribution is 2.50. The van der Waals surface area contributed by atoms with Gasteiger partial charge < -0.3 is 33.7 Å². The molecule has 9 nitrogen and oxygen atoms in total. The van der Waals surface area contributed by atoms with Gasteiger partial charge in [-0.3, -0.25) is 0 Å². The van der Waals surface area contributed by atoms with Gasteiger partial charge in [-0.2, -0.15) is 0 Å². The number of fused-ring (bicyclic) bond motifs is 4.